The number of hydrogen-bond acceptors (Lipinski definition) is 5. The van der Waals surface area contributed by atoms with Gasteiger partial charge in [-0.3, -0.25) is 9.58 Å². The number of ether oxygens (including phenoxy) is 1. The van der Waals surface area contributed by atoms with Crippen LogP contribution in [-0.2, 0) is 29.3 Å². The summed E-state index contributed by atoms with van der Waals surface area (Å²) >= 11 is 0. The number of carbonyl (C=O) groups is 1. The number of fused-ring (bicyclic) bond motifs is 1. The van der Waals surface area contributed by atoms with Crippen molar-refractivity contribution in [1.29, 1.82) is 0 Å². The minimum atomic E-state index is -1.21. The molecule has 2 fully saturated rings. The van der Waals surface area contributed by atoms with Gasteiger partial charge < -0.3 is 10.1 Å². The van der Waals surface area contributed by atoms with Crippen LogP contribution in [0.5, 0.6) is 0 Å². The molecule has 0 saturated carbocycles. The van der Waals surface area contributed by atoms with Gasteiger partial charge in [-0.1, -0.05) is 24.3 Å². The van der Waals surface area contributed by atoms with Crippen molar-refractivity contribution in [2.45, 2.75) is 82.4 Å². The monoisotopic (exact) mass is 565 g/mol. The van der Waals surface area contributed by atoms with Crippen molar-refractivity contribution in [3.05, 3.63) is 59.3 Å². The second kappa shape index (κ2) is 12.0. The van der Waals surface area contributed by atoms with Gasteiger partial charge in [0.05, 0.1) is 16.1 Å². The van der Waals surface area contributed by atoms with Crippen LogP contribution in [0.2, 0.25) is 0 Å². The highest BCUT2D eigenvalue weighted by atomic mass is 32.2. The van der Waals surface area contributed by atoms with Crippen molar-refractivity contribution in [2.75, 3.05) is 26.2 Å². The maximum atomic E-state index is 13.4. The fourth-order valence-corrected chi connectivity index (χ4v) is 7.22. The minimum absolute atomic E-state index is 0.0486. The zero-order valence-electron chi connectivity index (χ0n) is 24.5. The Bertz CT molecular complexity index is 1370. The van der Waals surface area contributed by atoms with E-state index < -0.39 is 16.6 Å². The number of piperidine rings is 2. The Balaban J connectivity index is 1.12. The number of amides is 1. The molecule has 1 atom stereocenters. The van der Waals surface area contributed by atoms with E-state index in [9.17, 15) is 9.00 Å². The number of hydrogen-bond donors (Lipinski definition) is 1. The molecular weight excluding hydrogens is 522 g/mol. The van der Waals surface area contributed by atoms with Gasteiger partial charge in [-0.2, -0.15) is 5.10 Å². The molecule has 2 saturated heterocycles. The summed E-state index contributed by atoms with van der Waals surface area (Å²) in [7, 11) is 0.814. The largest absolute Gasteiger partial charge is 0.444 e. The predicted octanol–water partition coefficient (Wildman–Crippen LogP) is 5.27. The maximum Gasteiger partial charge on any atom is 0.407 e. The SMILES string of the molecule is Cc1nn(C)c2cc(C3CCN(Cc4cccc(S(=O)N5CCC(NC(=O)OC(C)(C)C)CC5)c4)CC3)ccc12. The summed E-state index contributed by atoms with van der Waals surface area (Å²) in [6.07, 6.45) is 3.41. The third-order valence-corrected chi connectivity index (χ3v) is 9.53. The summed E-state index contributed by atoms with van der Waals surface area (Å²) in [6.45, 7) is 12.0. The Morgan fingerprint density at radius 2 is 1.77 bits per heavy atom. The van der Waals surface area contributed by atoms with E-state index in [-0.39, 0.29) is 12.1 Å². The van der Waals surface area contributed by atoms with Crippen molar-refractivity contribution < 1.29 is 13.7 Å². The third kappa shape index (κ3) is 6.93. The van der Waals surface area contributed by atoms with Gasteiger partial charge in [0.25, 0.3) is 0 Å². The Morgan fingerprint density at radius 1 is 1.05 bits per heavy atom. The number of alkyl carbamates (subject to hydrolysis) is 1. The number of carbonyl (C=O) groups excluding carboxylic acids is 1. The fourth-order valence-electron chi connectivity index (χ4n) is 5.93. The van der Waals surface area contributed by atoms with Gasteiger partial charge in [-0.15, -0.1) is 0 Å². The summed E-state index contributed by atoms with van der Waals surface area (Å²) < 4.78 is 22.8. The molecule has 1 N–H and O–H groups in total. The first-order chi connectivity index (χ1) is 19.1. The molecule has 0 radical (unpaired) electrons. The van der Waals surface area contributed by atoms with Crippen LogP contribution in [0.4, 0.5) is 4.79 Å². The lowest BCUT2D eigenvalue weighted by Gasteiger charge is -2.33. The molecule has 3 heterocycles. The lowest BCUT2D eigenvalue weighted by atomic mass is 9.88. The second-order valence-corrected chi connectivity index (χ2v) is 13.8. The molecule has 2 aliphatic rings. The molecule has 1 amide bonds. The molecule has 0 bridgehead atoms. The van der Waals surface area contributed by atoms with Crippen molar-refractivity contribution in [1.82, 2.24) is 24.3 Å². The van der Waals surface area contributed by atoms with E-state index in [1.165, 1.54) is 22.0 Å². The normalized spacial score (nSPS) is 19.1. The Hall–Kier alpha value is -2.75. The Labute approximate surface area is 240 Å². The average molecular weight is 566 g/mol. The molecule has 216 valence electrons. The molecule has 2 aliphatic heterocycles. The van der Waals surface area contributed by atoms with E-state index in [4.69, 9.17) is 4.74 Å². The summed E-state index contributed by atoms with van der Waals surface area (Å²) in [5, 5.41) is 8.77. The van der Waals surface area contributed by atoms with Gasteiger partial charge in [-0.05, 0) is 102 Å². The van der Waals surface area contributed by atoms with E-state index >= 15 is 0 Å². The van der Waals surface area contributed by atoms with Crippen molar-refractivity contribution in [3.63, 3.8) is 0 Å². The van der Waals surface area contributed by atoms with Gasteiger partial charge in [-0.25, -0.2) is 13.3 Å². The van der Waals surface area contributed by atoms with Crippen LogP contribution in [0.3, 0.4) is 0 Å². The van der Waals surface area contributed by atoms with E-state index in [2.05, 4.69) is 52.6 Å². The Kier molecular flexibility index (Phi) is 8.63. The quantitative estimate of drug-likeness (QED) is 0.440. The lowest BCUT2D eigenvalue weighted by molar-refractivity contribution is 0.0490. The molecule has 0 aliphatic carbocycles. The van der Waals surface area contributed by atoms with Gasteiger partial charge in [0, 0.05) is 38.1 Å². The zero-order chi connectivity index (χ0) is 28.4. The molecule has 1 unspecified atom stereocenters. The van der Waals surface area contributed by atoms with Crippen LogP contribution < -0.4 is 5.32 Å². The van der Waals surface area contributed by atoms with Crippen LogP contribution >= 0.6 is 0 Å². The summed E-state index contributed by atoms with van der Waals surface area (Å²) in [5.41, 5.74) is 4.41. The summed E-state index contributed by atoms with van der Waals surface area (Å²) in [5.74, 6) is 0.572. The Morgan fingerprint density at radius 3 is 2.48 bits per heavy atom. The van der Waals surface area contributed by atoms with E-state index in [1.54, 1.807) is 0 Å². The molecule has 5 rings (SSSR count). The number of aryl methyl sites for hydroxylation is 2. The van der Waals surface area contributed by atoms with Gasteiger partial charge in [0.15, 0.2) is 0 Å². The van der Waals surface area contributed by atoms with Crippen LogP contribution in [0, 0.1) is 6.92 Å². The maximum absolute atomic E-state index is 13.4. The molecule has 8 nitrogen and oxygen atoms in total. The highest BCUT2D eigenvalue weighted by molar-refractivity contribution is 7.82. The van der Waals surface area contributed by atoms with E-state index in [1.807, 2.05) is 48.9 Å². The van der Waals surface area contributed by atoms with Crippen LogP contribution in [0.15, 0.2) is 47.4 Å². The molecule has 3 aromatic rings. The number of benzene rings is 2. The number of aromatic nitrogens is 2. The van der Waals surface area contributed by atoms with Crippen LogP contribution in [-0.4, -0.2) is 67.1 Å². The molecule has 9 heteroatoms. The molecule has 1 aromatic heterocycles. The lowest BCUT2D eigenvalue weighted by Crippen LogP contribution is -2.46. The molecular formula is C31H43N5O3S. The topological polar surface area (TPSA) is 79.7 Å². The summed E-state index contributed by atoms with van der Waals surface area (Å²) in [4.78, 5) is 15.5. The number of likely N-dealkylation sites (tertiary alicyclic amines) is 1. The fraction of sp³-hybridized carbons (Fsp3) is 0.548. The second-order valence-electron chi connectivity index (χ2n) is 12.3. The van der Waals surface area contributed by atoms with Gasteiger partial charge in [0.2, 0.25) is 0 Å². The molecule has 2 aromatic carbocycles. The average Bonchev–Trinajstić information content (AvgIpc) is 3.20. The third-order valence-electron chi connectivity index (χ3n) is 8.03. The standard InChI is InChI=1S/C31H43N5O3S/c1-22-28-10-9-25(20-29(28)34(5)33-22)24-11-15-35(16-12-24)21-23-7-6-8-27(19-23)40(38)36-17-13-26(14-18-36)32-30(37)39-31(2,3)4/h6-10,19-20,24,26H,11-18,21H2,1-5H3,(H,32,37). The smallest absolute Gasteiger partial charge is 0.407 e. The highest BCUT2D eigenvalue weighted by Crippen LogP contribution is 2.31. The predicted molar refractivity (Wildman–Crippen MR) is 160 cm³/mol. The van der Waals surface area contributed by atoms with Crippen molar-refractivity contribution in [3.8, 4) is 0 Å². The van der Waals surface area contributed by atoms with Gasteiger partial charge in [0.1, 0.15) is 16.6 Å². The molecule has 40 heavy (non-hydrogen) atoms. The van der Waals surface area contributed by atoms with Crippen LogP contribution in [0.25, 0.3) is 10.9 Å². The van der Waals surface area contributed by atoms with Gasteiger partial charge >= 0.3 is 6.09 Å². The summed E-state index contributed by atoms with van der Waals surface area (Å²) in [6, 6.07) is 15.1. The highest BCUT2D eigenvalue weighted by Gasteiger charge is 2.27. The number of rotatable bonds is 6. The molecule has 0 spiro atoms. The zero-order valence-corrected chi connectivity index (χ0v) is 25.3. The van der Waals surface area contributed by atoms with Crippen molar-refractivity contribution in [2.24, 2.45) is 7.05 Å². The first kappa shape index (κ1) is 28.8. The first-order valence-corrected chi connectivity index (χ1v) is 15.6. The van der Waals surface area contributed by atoms with E-state index in [0.717, 1.165) is 55.9 Å². The number of nitrogens with zero attached hydrogens (tertiary/aromatic N) is 4. The van der Waals surface area contributed by atoms with Crippen LogP contribution in [0.1, 0.15) is 69.2 Å². The first-order valence-electron chi connectivity index (χ1n) is 14.5. The number of nitrogens with one attached hydrogen (secondary N) is 1. The van der Waals surface area contributed by atoms with E-state index in [0.29, 0.717) is 19.0 Å². The van der Waals surface area contributed by atoms with Crippen molar-refractivity contribution >= 4 is 28.0 Å². The minimum Gasteiger partial charge on any atom is -0.444 e.